The molecule has 0 aliphatic heterocycles. The fourth-order valence-electron chi connectivity index (χ4n) is 3.56. The fourth-order valence-corrected chi connectivity index (χ4v) is 4.41. The van der Waals surface area contributed by atoms with E-state index in [0.717, 1.165) is 27.3 Å². The van der Waals surface area contributed by atoms with Crippen molar-refractivity contribution in [2.24, 2.45) is 5.92 Å². The third-order valence-corrected chi connectivity index (χ3v) is 6.99. The maximum atomic E-state index is 13.5. The summed E-state index contributed by atoms with van der Waals surface area (Å²) in [6, 6.07) is 14.1. The van der Waals surface area contributed by atoms with Gasteiger partial charge in [0.15, 0.2) is 0 Å². The van der Waals surface area contributed by atoms with E-state index < -0.39 is 28.5 Å². The Balaban J connectivity index is 2.35. The van der Waals surface area contributed by atoms with Gasteiger partial charge in [-0.2, -0.15) is 0 Å². The van der Waals surface area contributed by atoms with Crippen LogP contribution in [0.25, 0.3) is 0 Å². The molecule has 2 amide bonds. The van der Waals surface area contributed by atoms with Gasteiger partial charge in [-0.25, -0.2) is 8.42 Å². The summed E-state index contributed by atoms with van der Waals surface area (Å²) in [7, 11) is -3.74. The summed E-state index contributed by atoms with van der Waals surface area (Å²) in [4.78, 5) is 27.8. The lowest BCUT2D eigenvalue weighted by Gasteiger charge is -2.31. The van der Waals surface area contributed by atoms with Gasteiger partial charge < -0.3 is 10.2 Å². The molecule has 2 aromatic carbocycles. The molecule has 0 saturated carbocycles. The number of carbonyl (C=O) groups is 2. The maximum absolute atomic E-state index is 13.5. The zero-order chi connectivity index (χ0) is 26.3. The second-order valence-corrected chi connectivity index (χ2v) is 11.7. The van der Waals surface area contributed by atoms with E-state index in [9.17, 15) is 18.0 Å². The molecule has 0 radical (unpaired) electrons. The minimum atomic E-state index is -3.74. The predicted molar refractivity (Wildman–Crippen MR) is 142 cm³/mol. The Morgan fingerprint density at radius 2 is 1.49 bits per heavy atom. The maximum Gasteiger partial charge on any atom is 0.244 e. The standard InChI is InChI=1S/C27H39N3O4S/c1-19(2)16-28-27(32)22(6)29(17-23-10-8-21(5)9-11-23)26(31)18-30(35(7,33)34)25-14-12-24(13-15-25)20(3)4/h8-15,19-20,22H,16-18H2,1-7H3,(H,28,32)/t22-/m1/s1. The van der Waals surface area contributed by atoms with Gasteiger partial charge in [-0.05, 0) is 48.9 Å². The van der Waals surface area contributed by atoms with Gasteiger partial charge in [-0.15, -0.1) is 0 Å². The molecule has 0 unspecified atom stereocenters. The number of anilines is 1. The van der Waals surface area contributed by atoms with Crippen molar-refractivity contribution >= 4 is 27.5 Å². The van der Waals surface area contributed by atoms with E-state index in [-0.39, 0.29) is 18.4 Å². The Kier molecular flexibility index (Phi) is 9.89. The molecule has 0 heterocycles. The van der Waals surface area contributed by atoms with E-state index in [4.69, 9.17) is 0 Å². The highest BCUT2D eigenvalue weighted by molar-refractivity contribution is 7.92. The summed E-state index contributed by atoms with van der Waals surface area (Å²) in [6.07, 6.45) is 1.08. The minimum Gasteiger partial charge on any atom is -0.354 e. The Bertz CT molecular complexity index is 1090. The third-order valence-electron chi connectivity index (χ3n) is 5.85. The lowest BCUT2D eigenvalue weighted by Crippen LogP contribution is -2.51. The van der Waals surface area contributed by atoms with E-state index in [1.54, 1.807) is 19.1 Å². The van der Waals surface area contributed by atoms with Gasteiger partial charge in [-0.3, -0.25) is 13.9 Å². The van der Waals surface area contributed by atoms with Crippen LogP contribution >= 0.6 is 0 Å². The molecule has 7 nitrogen and oxygen atoms in total. The molecule has 2 aromatic rings. The largest absolute Gasteiger partial charge is 0.354 e. The van der Waals surface area contributed by atoms with Gasteiger partial charge in [0.25, 0.3) is 0 Å². The van der Waals surface area contributed by atoms with Gasteiger partial charge in [0.2, 0.25) is 21.8 Å². The molecule has 1 N–H and O–H groups in total. The zero-order valence-electron chi connectivity index (χ0n) is 21.9. The monoisotopic (exact) mass is 501 g/mol. The number of rotatable bonds is 11. The van der Waals surface area contributed by atoms with Gasteiger partial charge in [0, 0.05) is 13.1 Å². The summed E-state index contributed by atoms with van der Waals surface area (Å²) in [5.74, 6) is -0.156. The molecule has 2 rings (SSSR count). The Labute approximate surface area is 210 Å². The highest BCUT2D eigenvalue weighted by atomic mass is 32.2. The molecular weight excluding hydrogens is 462 g/mol. The molecule has 0 spiro atoms. The van der Waals surface area contributed by atoms with Gasteiger partial charge in [0.1, 0.15) is 12.6 Å². The predicted octanol–water partition coefficient (Wildman–Crippen LogP) is 4.07. The summed E-state index contributed by atoms with van der Waals surface area (Å²) < 4.78 is 26.4. The normalized spacial score (nSPS) is 12.5. The molecule has 0 fully saturated rings. The average Bonchev–Trinajstić information content (AvgIpc) is 2.79. The number of nitrogens with one attached hydrogen (secondary N) is 1. The fraction of sp³-hybridized carbons (Fsp3) is 0.481. The molecule has 0 aliphatic rings. The highest BCUT2D eigenvalue weighted by Crippen LogP contribution is 2.23. The molecule has 0 saturated heterocycles. The number of carbonyl (C=O) groups excluding carboxylic acids is 2. The lowest BCUT2D eigenvalue weighted by molar-refractivity contribution is -0.139. The average molecular weight is 502 g/mol. The van der Waals surface area contributed by atoms with Crippen molar-refractivity contribution in [2.45, 2.75) is 60.0 Å². The summed E-state index contributed by atoms with van der Waals surface area (Å²) in [5, 5.41) is 2.88. The molecule has 35 heavy (non-hydrogen) atoms. The van der Waals surface area contributed by atoms with E-state index in [2.05, 4.69) is 19.2 Å². The molecule has 1 atom stereocenters. The molecule has 0 bridgehead atoms. The number of nitrogens with zero attached hydrogens (tertiary/aromatic N) is 2. The van der Waals surface area contributed by atoms with Crippen molar-refractivity contribution in [3.63, 3.8) is 0 Å². The van der Waals surface area contributed by atoms with E-state index in [0.29, 0.717) is 18.2 Å². The van der Waals surface area contributed by atoms with Crippen molar-refractivity contribution in [3.8, 4) is 0 Å². The van der Waals surface area contributed by atoms with Crippen LogP contribution in [-0.4, -0.2) is 50.5 Å². The second kappa shape index (κ2) is 12.2. The van der Waals surface area contributed by atoms with Crippen molar-refractivity contribution < 1.29 is 18.0 Å². The van der Waals surface area contributed by atoms with Gasteiger partial charge in [0.05, 0.1) is 11.9 Å². The number of benzene rings is 2. The van der Waals surface area contributed by atoms with Crippen LogP contribution in [0.2, 0.25) is 0 Å². The van der Waals surface area contributed by atoms with Crippen LogP contribution in [0.5, 0.6) is 0 Å². The first-order valence-electron chi connectivity index (χ1n) is 12.0. The second-order valence-electron chi connectivity index (χ2n) is 9.84. The Morgan fingerprint density at radius 3 is 1.97 bits per heavy atom. The van der Waals surface area contributed by atoms with Crippen LogP contribution in [0.4, 0.5) is 5.69 Å². The van der Waals surface area contributed by atoms with Crippen LogP contribution in [0.15, 0.2) is 48.5 Å². The summed E-state index contributed by atoms with van der Waals surface area (Å²) >= 11 is 0. The number of sulfonamides is 1. The Morgan fingerprint density at radius 1 is 0.914 bits per heavy atom. The third kappa shape index (κ3) is 8.38. The summed E-state index contributed by atoms with van der Waals surface area (Å²) in [6.45, 7) is 12.0. The van der Waals surface area contributed by atoms with Crippen LogP contribution in [0.3, 0.4) is 0 Å². The molecule has 0 aliphatic carbocycles. The van der Waals surface area contributed by atoms with Crippen LogP contribution < -0.4 is 9.62 Å². The first kappa shape index (κ1) is 28.4. The SMILES string of the molecule is Cc1ccc(CN(C(=O)CN(c2ccc(C(C)C)cc2)S(C)(=O)=O)[C@H](C)C(=O)NCC(C)C)cc1. The van der Waals surface area contributed by atoms with Crippen molar-refractivity contribution in [1.29, 1.82) is 0 Å². The van der Waals surface area contributed by atoms with Crippen molar-refractivity contribution in [2.75, 3.05) is 23.7 Å². The van der Waals surface area contributed by atoms with Crippen LogP contribution in [-0.2, 0) is 26.2 Å². The van der Waals surface area contributed by atoms with Gasteiger partial charge >= 0.3 is 0 Å². The lowest BCUT2D eigenvalue weighted by atomic mass is 10.0. The van der Waals surface area contributed by atoms with E-state index in [1.165, 1.54) is 4.90 Å². The smallest absolute Gasteiger partial charge is 0.244 e. The molecule has 0 aromatic heterocycles. The number of hydrogen-bond acceptors (Lipinski definition) is 4. The van der Waals surface area contributed by atoms with E-state index >= 15 is 0 Å². The highest BCUT2D eigenvalue weighted by Gasteiger charge is 2.30. The van der Waals surface area contributed by atoms with E-state index in [1.807, 2.05) is 57.2 Å². The minimum absolute atomic E-state index is 0.194. The first-order valence-corrected chi connectivity index (χ1v) is 13.8. The number of amides is 2. The zero-order valence-corrected chi connectivity index (χ0v) is 22.7. The van der Waals surface area contributed by atoms with Crippen molar-refractivity contribution in [1.82, 2.24) is 10.2 Å². The molecular formula is C27H39N3O4S. The van der Waals surface area contributed by atoms with Crippen molar-refractivity contribution in [3.05, 3.63) is 65.2 Å². The number of hydrogen-bond donors (Lipinski definition) is 1. The summed E-state index contributed by atoms with van der Waals surface area (Å²) in [5.41, 5.74) is 3.43. The van der Waals surface area contributed by atoms with Gasteiger partial charge in [-0.1, -0.05) is 69.7 Å². The molecule has 8 heteroatoms. The topological polar surface area (TPSA) is 86.8 Å². The van der Waals surface area contributed by atoms with Crippen LogP contribution in [0.1, 0.15) is 57.2 Å². The first-order chi connectivity index (χ1) is 16.3. The Hall–Kier alpha value is -2.87. The quantitative estimate of drug-likeness (QED) is 0.503. The molecule has 192 valence electrons. The van der Waals surface area contributed by atoms with Crippen LogP contribution in [0, 0.1) is 12.8 Å². The number of aryl methyl sites for hydroxylation is 1.